The minimum atomic E-state index is -1.12. The highest BCUT2D eigenvalue weighted by Crippen LogP contribution is 2.68. The Hall–Kier alpha value is -1.77. The van der Waals surface area contributed by atoms with Crippen molar-refractivity contribution in [1.29, 1.82) is 0 Å². The maximum atomic E-state index is 14.0. The third-order valence-electron chi connectivity index (χ3n) is 11.3. The summed E-state index contributed by atoms with van der Waals surface area (Å²) in [5.74, 6) is 7.50. The topological polar surface area (TPSA) is 102 Å². The van der Waals surface area contributed by atoms with Gasteiger partial charge in [0.2, 0.25) is 0 Å². The second-order valence-corrected chi connectivity index (χ2v) is 13.0. The number of halogens is 2. The van der Waals surface area contributed by atoms with Gasteiger partial charge in [-0.15, -0.1) is 0 Å². The molecule has 4 aliphatic rings. The van der Waals surface area contributed by atoms with Crippen LogP contribution in [0.1, 0.15) is 78.6 Å². The molecule has 1 aromatic carbocycles. The SMILES string of the molecule is CCOCC12CCC(C)CC1CCC1C3CCC(C(=O)CN(N)c4ccc(F)c(F)c4N)C3(C)CCC12.CO. The van der Waals surface area contributed by atoms with E-state index in [2.05, 4.69) is 20.8 Å². The van der Waals surface area contributed by atoms with Crippen molar-refractivity contribution in [3.05, 3.63) is 23.8 Å². The molecule has 220 valence electrons. The van der Waals surface area contributed by atoms with Crippen LogP contribution in [0.3, 0.4) is 0 Å². The van der Waals surface area contributed by atoms with Crippen LogP contribution in [0.5, 0.6) is 0 Å². The monoisotopic (exact) mass is 549 g/mol. The van der Waals surface area contributed by atoms with E-state index in [4.69, 9.17) is 21.4 Å². The Morgan fingerprint density at radius 3 is 2.56 bits per heavy atom. The number of nitrogens with zero attached hydrogens (tertiary/aromatic N) is 1. The maximum absolute atomic E-state index is 14.0. The molecule has 4 saturated carbocycles. The van der Waals surface area contributed by atoms with E-state index in [0.717, 1.165) is 57.5 Å². The molecule has 6 nitrogen and oxygen atoms in total. The Bertz CT molecular complexity index is 1020. The summed E-state index contributed by atoms with van der Waals surface area (Å²) in [5.41, 5.74) is 5.82. The van der Waals surface area contributed by atoms with Crippen LogP contribution in [-0.2, 0) is 9.53 Å². The van der Waals surface area contributed by atoms with Gasteiger partial charge in [0.05, 0.1) is 24.5 Å². The number of anilines is 2. The predicted octanol–water partition coefficient (Wildman–Crippen LogP) is 5.72. The van der Waals surface area contributed by atoms with Crippen LogP contribution in [0.25, 0.3) is 0 Å². The van der Waals surface area contributed by atoms with Gasteiger partial charge in [0.15, 0.2) is 17.4 Å². The number of hydrogen-bond acceptors (Lipinski definition) is 6. The smallest absolute Gasteiger partial charge is 0.183 e. The fraction of sp³-hybridized carbons (Fsp3) is 0.774. The lowest BCUT2D eigenvalue weighted by atomic mass is 9.44. The van der Waals surface area contributed by atoms with Crippen molar-refractivity contribution in [1.82, 2.24) is 0 Å². The van der Waals surface area contributed by atoms with E-state index in [1.54, 1.807) is 0 Å². The van der Waals surface area contributed by atoms with Gasteiger partial charge in [-0.1, -0.05) is 20.3 Å². The number of Topliss-reactive ketones (excluding diaryl/α,β-unsaturated/α-hetero) is 1. The second kappa shape index (κ2) is 12.0. The molecule has 8 atom stereocenters. The van der Waals surface area contributed by atoms with Gasteiger partial charge < -0.3 is 20.6 Å². The van der Waals surface area contributed by atoms with Crippen molar-refractivity contribution in [2.45, 2.75) is 78.6 Å². The van der Waals surface area contributed by atoms with E-state index >= 15 is 0 Å². The molecule has 5 rings (SSSR count). The molecule has 0 aromatic heterocycles. The van der Waals surface area contributed by atoms with Gasteiger partial charge in [-0.3, -0.25) is 4.79 Å². The largest absolute Gasteiger partial charge is 0.400 e. The van der Waals surface area contributed by atoms with E-state index in [1.807, 2.05) is 0 Å². The number of carbonyl (C=O) groups is 1. The summed E-state index contributed by atoms with van der Waals surface area (Å²) < 4.78 is 33.7. The molecule has 0 aliphatic heterocycles. The summed E-state index contributed by atoms with van der Waals surface area (Å²) in [6.45, 7) is 8.47. The summed E-state index contributed by atoms with van der Waals surface area (Å²) in [6.07, 6.45) is 10.7. The lowest BCUT2D eigenvalue weighted by Gasteiger charge is -2.62. The summed E-state index contributed by atoms with van der Waals surface area (Å²) in [6, 6.07) is 2.34. The molecule has 0 bridgehead atoms. The zero-order valence-electron chi connectivity index (χ0n) is 24.2. The van der Waals surface area contributed by atoms with Gasteiger partial charge >= 0.3 is 0 Å². The van der Waals surface area contributed by atoms with Crippen molar-refractivity contribution in [3.63, 3.8) is 0 Å². The number of nitrogen functional groups attached to an aromatic ring is 1. The number of hydrazine groups is 1. The Labute approximate surface area is 232 Å². The molecule has 0 saturated heterocycles. The Balaban J connectivity index is 0.00000172. The van der Waals surface area contributed by atoms with Crippen LogP contribution in [0.15, 0.2) is 12.1 Å². The normalized spacial score (nSPS) is 37.1. The third-order valence-corrected chi connectivity index (χ3v) is 11.3. The zero-order chi connectivity index (χ0) is 28.5. The quantitative estimate of drug-likeness (QED) is 0.229. The number of benzene rings is 1. The summed E-state index contributed by atoms with van der Waals surface area (Å²) in [5, 5.41) is 8.19. The van der Waals surface area contributed by atoms with E-state index in [9.17, 15) is 13.6 Å². The van der Waals surface area contributed by atoms with E-state index < -0.39 is 11.6 Å². The molecule has 4 fully saturated rings. The highest BCUT2D eigenvalue weighted by molar-refractivity contribution is 5.87. The van der Waals surface area contributed by atoms with E-state index in [0.29, 0.717) is 23.2 Å². The molecule has 5 N–H and O–H groups in total. The highest BCUT2D eigenvalue weighted by atomic mass is 19.2. The minimum absolute atomic E-state index is 0.0414. The van der Waals surface area contributed by atoms with E-state index in [-0.39, 0.29) is 35.0 Å². The minimum Gasteiger partial charge on any atom is -0.400 e. The molecule has 1 aromatic rings. The molecular weight excluding hydrogens is 500 g/mol. The summed E-state index contributed by atoms with van der Waals surface area (Å²) in [7, 11) is 1.00. The molecule has 0 spiro atoms. The number of ketones is 1. The Morgan fingerprint density at radius 2 is 1.85 bits per heavy atom. The molecule has 0 radical (unpaired) electrons. The van der Waals surface area contributed by atoms with Gasteiger partial charge in [0.1, 0.15) is 0 Å². The molecule has 0 amide bonds. The van der Waals surface area contributed by atoms with Gasteiger partial charge in [0, 0.05) is 19.6 Å². The highest BCUT2D eigenvalue weighted by Gasteiger charge is 2.62. The first-order chi connectivity index (χ1) is 18.6. The van der Waals surface area contributed by atoms with Crippen molar-refractivity contribution >= 4 is 17.2 Å². The molecule has 0 heterocycles. The number of rotatable bonds is 7. The van der Waals surface area contributed by atoms with Gasteiger partial charge in [-0.05, 0) is 111 Å². The Morgan fingerprint density at radius 1 is 1.10 bits per heavy atom. The number of hydrogen-bond donors (Lipinski definition) is 3. The van der Waals surface area contributed by atoms with Crippen LogP contribution in [-0.4, -0.2) is 37.8 Å². The number of aliphatic hydroxyl groups excluding tert-OH is 1. The van der Waals surface area contributed by atoms with Crippen LogP contribution < -0.4 is 16.6 Å². The lowest BCUT2D eigenvalue weighted by molar-refractivity contribution is -0.157. The predicted molar refractivity (Wildman–Crippen MR) is 151 cm³/mol. The zero-order valence-corrected chi connectivity index (χ0v) is 24.2. The molecule has 8 unspecified atom stereocenters. The first-order valence-electron chi connectivity index (χ1n) is 14.9. The van der Waals surface area contributed by atoms with Crippen LogP contribution in [0.2, 0.25) is 0 Å². The van der Waals surface area contributed by atoms with Crippen molar-refractivity contribution in [2.24, 2.45) is 52.2 Å². The molecule has 39 heavy (non-hydrogen) atoms. The fourth-order valence-electron chi connectivity index (χ4n) is 9.54. The van der Waals surface area contributed by atoms with Gasteiger partial charge in [-0.2, -0.15) is 0 Å². The fourth-order valence-corrected chi connectivity index (χ4v) is 9.54. The lowest BCUT2D eigenvalue weighted by Crippen LogP contribution is -2.57. The summed E-state index contributed by atoms with van der Waals surface area (Å²) in [4.78, 5) is 13.6. The molecule has 8 heteroatoms. The van der Waals surface area contributed by atoms with Gasteiger partial charge in [0.25, 0.3) is 0 Å². The first kappa shape index (κ1) is 30.2. The number of fused-ring (bicyclic) bond motifs is 5. The van der Waals surface area contributed by atoms with Crippen LogP contribution in [0.4, 0.5) is 20.2 Å². The van der Waals surface area contributed by atoms with Crippen molar-refractivity contribution in [2.75, 3.05) is 37.6 Å². The number of carbonyl (C=O) groups excluding carboxylic acids is 1. The van der Waals surface area contributed by atoms with Crippen molar-refractivity contribution in [3.8, 4) is 0 Å². The first-order valence-corrected chi connectivity index (χ1v) is 14.9. The maximum Gasteiger partial charge on any atom is 0.183 e. The number of ether oxygens (including phenoxy) is 1. The average molecular weight is 550 g/mol. The van der Waals surface area contributed by atoms with Crippen LogP contribution >= 0.6 is 0 Å². The standard InChI is InChI=1S/C30H45F2N3O2.CH4O/c1-4-37-17-30-14-11-18(2)15-19(30)5-6-20-21-7-8-23(29(21,3)13-12-22(20)30)26(36)16-35(34)25-10-9-24(31)27(32)28(25)33;1-2/h9-10,18-23H,4-8,11-17,33-34H2,1-3H3;2H,1H3. The van der Waals surface area contributed by atoms with Crippen molar-refractivity contribution < 1.29 is 23.4 Å². The number of nitrogens with two attached hydrogens (primary N) is 2. The summed E-state index contributed by atoms with van der Waals surface area (Å²) >= 11 is 0. The van der Waals surface area contributed by atoms with Crippen LogP contribution in [0, 0.1) is 58.0 Å². The third kappa shape index (κ3) is 5.21. The second-order valence-electron chi connectivity index (χ2n) is 13.0. The Kier molecular flexibility index (Phi) is 9.29. The van der Waals surface area contributed by atoms with Gasteiger partial charge in [-0.25, -0.2) is 14.6 Å². The average Bonchev–Trinajstić information content (AvgIpc) is 3.29. The molecular formula is C31H49F2N3O3. The van der Waals surface area contributed by atoms with E-state index in [1.165, 1.54) is 49.6 Å². The molecule has 4 aliphatic carbocycles. The number of aliphatic hydroxyl groups is 1.